The first-order chi connectivity index (χ1) is 8.41. The highest BCUT2D eigenvalue weighted by Gasteiger charge is 2.18. The molecular formula is C13H17NO4. The Morgan fingerprint density at radius 3 is 2.39 bits per heavy atom. The van der Waals surface area contributed by atoms with Gasteiger partial charge >= 0.3 is 5.97 Å². The molecule has 1 rings (SSSR count). The smallest absolute Gasteiger partial charge is 0.325 e. The summed E-state index contributed by atoms with van der Waals surface area (Å²) in [5.41, 5.74) is 0.333. The van der Waals surface area contributed by atoms with E-state index in [4.69, 9.17) is 9.84 Å². The first kappa shape index (κ1) is 14.0. The quantitative estimate of drug-likeness (QED) is 0.834. The third kappa shape index (κ3) is 3.76. The highest BCUT2D eigenvalue weighted by Crippen LogP contribution is 2.19. The molecule has 0 saturated carbocycles. The number of carbonyl (C=O) groups is 2. The lowest BCUT2D eigenvalue weighted by molar-refractivity contribution is -0.138. The van der Waals surface area contributed by atoms with Crippen LogP contribution in [-0.2, 0) is 4.79 Å². The largest absolute Gasteiger partial charge is 0.490 e. The third-order valence-electron chi connectivity index (χ3n) is 2.21. The van der Waals surface area contributed by atoms with Crippen molar-refractivity contribution in [2.24, 2.45) is 0 Å². The van der Waals surface area contributed by atoms with Crippen molar-refractivity contribution in [1.29, 1.82) is 0 Å². The molecule has 0 fully saturated rings. The zero-order chi connectivity index (χ0) is 13.7. The minimum atomic E-state index is -1.08. The Labute approximate surface area is 106 Å². The van der Waals surface area contributed by atoms with Crippen LogP contribution in [0.5, 0.6) is 5.75 Å². The summed E-state index contributed by atoms with van der Waals surface area (Å²) < 4.78 is 5.50. The molecule has 0 heterocycles. The summed E-state index contributed by atoms with van der Waals surface area (Å²) in [7, 11) is 0. The molecule has 0 bridgehead atoms. The maximum Gasteiger partial charge on any atom is 0.325 e. The molecule has 0 saturated heterocycles. The Kier molecular flexibility index (Phi) is 4.71. The molecular weight excluding hydrogens is 234 g/mol. The molecule has 1 unspecified atom stereocenters. The Bertz CT molecular complexity index is 442. The lowest BCUT2D eigenvalue weighted by Gasteiger charge is -2.15. The summed E-state index contributed by atoms with van der Waals surface area (Å²) in [6, 6.07) is 5.80. The van der Waals surface area contributed by atoms with E-state index < -0.39 is 17.9 Å². The van der Waals surface area contributed by atoms with Crippen molar-refractivity contribution >= 4 is 11.9 Å². The van der Waals surface area contributed by atoms with Crippen molar-refractivity contribution in [2.45, 2.75) is 32.9 Å². The van der Waals surface area contributed by atoms with Crippen LogP contribution < -0.4 is 10.1 Å². The van der Waals surface area contributed by atoms with Gasteiger partial charge in [0.25, 0.3) is 5.91 Å². The van der Waals surface area contributed by atoms with Crippen LogP contribution in [0.1, 0.15) is 31.1 Å². The number of hydrogen-bond donors (Lipinski definition) is 2. The van der Waals surface area contributed by atoms with E-state index >= 15 is 0 Å². The van der Waals surface area contributed by atoms with Crippen molar-refractivity contribution in [3.05, 3.63) is 29.8 Å². The molecule has 0 spiro atoms. The van der Waals surface area contributed by atoms with Gasteiger partial charge in [0.1, 0.15) is 11.8 Å². The number of hydrogen-bond acceptors (Lipinski definition) is 3. The van der Waals surface area contributed by atoms with Crippen LogP contribution in [0.2, 0.25) is 0 Å². The van der Waals surface area contributed by atoms with Crippen LogP contribution in [0.4, 0.5) is 0 Å². The van der Waals surface area contributed by atoms with Crippen LogP contribution >= 0.6 is 0 Å². The summed E-state index contributed by atoms with van der Waals surface area (Å²) in [5.74, 6) is -1.09. The molecule has 1 amide bonds. The van der Waals surface area contributed by atoms with Gasteiger partial charge in [-0.2, -0.15) is 0 Å². The Morgan fingerprint density at radius 1 is 1.22 bits per heavy atom. The lowest BCUT2D eigenvalue weighted by atomic mass is 10.1. The highest BCUT2D eigenvalue weighted by atomic mass is 16.5. The van der Waals surface area contributed by atoms with E-state index in [9.17, 15) is 9.59 Å². The number of aliphatic carboxylic acids is 1. The minimum Gasteiger partial charge on any atom is -0.490 e. The van der Waals surface area contributed by atoms with Gasteiger partial charge in [-0.1, -0.05) is 12.1 Å². The van der Waals surface area contributed by atoms with Gasteiger partial charge in [-0.05, 0) is 32.9 Å². The fourth-order valence-electron chi connectivity index (χ4n) is 1.35. The number of amides is 1. The van der Waals surface area contributed by atoms with Crippen molar-refractivity contribution < 1.29 is 19.4 Å². The SMILES string of the molecule is CC(C)Oc1ccccc1C(=O)NC(C)C(=O)O. The molecule has 0 aliphatic carbocycles. The summed E-state index contributed by atoms with van der Waals surface area (Å²) in [6.07, 6.45) is -0.0594. The van der Waals surface area contributed by atoms with E-state index in [1.54, 1.807) is 24.3 Å². The standard InChI is InChI=1S/C13H17NO4/c1-8(2)18-11-7-5-4-6-10(11)12(15)14-9(3)13(16)17/h4-9H,1-3H3,(H,14,15)(H,16,17). The van der Waals surface area contributed by atoms with Gasteiger partial charge in [0.05, 0.1) is 11.7 Å². The molecule has 0 aromatic heterocycles. The average molecular weight is 251 g/mol. The van der Waals surface area contributed by atoms with Crippen LogP contribution in [0.3, 0.4) is 0 Å². The first-order valence-corrected chi connectivity index (χ1v) is 5.71. The maximum atomic E-state index is 11.9. The summed E-state index contributed by atoms with van der Waals surface area (Å²) in [4.78, 5) is 22.6. The molecule has 2 N–H and O–H groups in total. The van der Waals surface area contributed by atoms with Crippen molar-refractivity contribution in [3.63, 3.8) is 0 Å². The van der Waals surface area contributed by atoms with E-state index in [0.29, 0.717) is 11.3 Å². The second-order valence-electron chi connectivity index (χ2n) is 4.20. The minimum absolute atomic E-state index is 0.0594. The molecule has 5 nitrogen and oxygen atoms in total. The molecule has 0 aliphatic rings. The van der Waals surface area contributed by atoms with Gasteiger partial charge in [-0.25, -0.2) is 0 Å². The van der Waals surface area contributed by atoms with Gasteiger partial charge in [0, 0.05) is 0 Å². The fraction of sp³-hybridized carbons (Fsp3) is 0.385. The van der Waals surface area contributed by atoms with Gasteiger partial charge in [0.2, 0.25) is 0 Å². The van der Waals surface area contributed by atoms with E-state index in [1.807, 2.05) is 13.8 Å². The normalized spacial score (nSPS) is 12.0. The molecule has 1 aromatic carbocycles. The monoisotopic (exact) mass is 251 g/mol. The first-order valence-electron chi connectivity index (χ1n) is 5.71. The molecule has 1 aromatic rings. The predicted octanol–water partition coefficient (Wildman–Crippen LogP) is 1.68. The van der Waals surface area contributed by atoms with E-state index in [2.05, 4.69) is 5.32 Å². The zero-order valence-corrected chi connectivity index (χ0v) is 10.6. The maximum absolute atomic E-state index is 11.9. The van der Waals surface area contributed by atoms with Crippen LogP contribution in [0.15, 0.2) is 24.3 Å². The molecule has 0 aliphatic heterocycles. The van der Waals surface area contributed by atoms with Crippen molar-refractivity contribution in [2.75, 3.05) is 0 Å². The summed E-state index contributed by atoms with van der Waals surface area (Å²) in [5, 5.41) is 11.1. The van der Waals surface area contributed by atoms with Gasteiger partial charge in [0.15, 0.2) is 0 Å². The fourth-order valence-corrected chi connectivity index (χ4v) is 1.35. The van der Waals surface area contributed by atoms with E-state index in [-0.39, 0.29) is 6.10 Å². The van der Waals surface area contributed by atoms with Gasteiger partial charge < -0.3 is 15.2 Å². The summed E-state index contributed by atoms with van der Waals surface area (Å²) in [6.45, 7) is 5.12. The number of benzene rings is 1. The number of nitrogens with one attached hydrogen (secondary N) is 1. The second-order valence-corrected chi connectivity index (χ2v) is 4.20. The van der Waals surface area contributed by atoms with E-state index in [0.717, 1.165) is 0 Å². The summed E-state index contributed by atoms with van der Waals surface area (Å²) >= 11 is 0. The molecule has 18 heavy (non-hydrogen) atoms. The molecule has 5 heteroatoms. The average Bonchev–Trinajstić information content (AvgIpc) is 2.28. The number of carboxylic acid groups (broad SMARTS) is 1. The molecule has 98 valence electrons. The lowest BCUT2D eigenvalue weighted by Crippen LogP contribution is -2.38. The number of para-hydroxylation sites is 1. The Hall–Kier alpha value is -2.04. The van der Waals surface area contributed by atoms with E-state index in [1.165, 1.54) is 6.92 Å². The van der Waals surface area contributed by atoms with Gasteiger partial charge in [-0.15, -0.1) is 0 Å². The highest BCUT2D eigenvalue weighted by molar-refractivity contribution is 5.98. The Balaban J connectivity index is 2.88. The zero-order valence-electron chi connectivity index (χ0n) is 10.6. The molecule has 0 radical (unpaired) electrons. The van der Waals surface area contributed by atoms with Crippen LogP contribution in [0, 0.1) is 0 Å². The number of ether oxygens (including phenoxy) is 1. The van der Waals surface area contributed by atoms with Crippen molar-refractivity contribution in [1.82, 2.24) is 5.32 Å². The topological polar surface area (TPSA) is 75.6 Å². The predicted molar refractivity (Wildman–Crippen MR) is 66.8 cm³/mol. The number of carboxylic acids is 1. The third-order valence-corrected chi connectivity index (χ3v) is 2.21. The Morgan fingerprint density at radius 2 is 1.83 bits per heavy atom. The van der Waals surface area contributed by atoms with Crippen molar-refractivity contribution in [3.8, 4) is 5.75 Å². The van der Waals surface area contributed by atoms with Crippen LogP contribution in [-0.4, -0.2) is 29.1 Å². The molecule has 1 atom stereocenters. The number of carbonyl (C=O) groups excluding carboxylic acids is 1. The van der Waals surface area contributed by atoms with Crippen LogP contribution in [0.25, 0.3) is 0 Å². The number of rotatable bonds is 5. The second kappa shape index (κ2) is 6.05. The van der Waals surface area contributed by atoms with Gasteiger partial charge in [-0.3, -0.25) is 9.59 Å².